The highest BCUT2D eigenvalue weighted by atomic mass is 79.9. The number of alkyl halides is 3. The second kappa shape index (κ2) is 6.23. The van der Waals surface area contributed by atoms with Gasteiger partial charge < -0.3 is 5.11 Å². The first-order chi connectivity index (χ1) is 11.7. The predicted molar refractivity (Wildman–Crippen MR) is 86.7 cm³/mol. The molecule has 2 aromatic rings. The lowest BCUT2D eigenvalue weighted by Gasteiger charge is -2.32. The summed E-state index contributed by atoms with van der Waals surface area (Å²) in [4.78, 5) is 16.2. The van der Waals surface area contributed by atoms with Crippen molar-refractivity contribution < 1.29 is 23.1 Å². The molecule has 1 aromatic heterocycles. The van der Waals surface area contributed by atoms with E-state index >= 15 is 0 Å². The van der Waals surface area contributed by atoms with Gasteiger partial charge in [0.05, 0.1) is 17.7 Å². The predicted octanol–water partition coefficient (Wildman–Crippen LogP) is 3.35. The molecule has 0 spiro atoms. The molecular weight excluding hydrogens is 403 g/mol. The molecule has 1 N–H and O–H groups in total. The Hall–Kier alpha value is -2.26. The molecule has 1 amide bonds. The van der Waals surface area contributed by atoms with Crippen LogP contribution in [0.3, 0.4) is 0 Å². The first kappa shape index (κ1) is 17.6. The summed E-state index contributed by atoms with van der Waals surface area (Å²) in [5.74, 6) is -1.09. The Morgan fingerprint density at radius 1 is 1.28 bits per heavy atom. The summed E-state index contributed by atoms with van der Waals surface area (Å²) in [5, 5.41) is 14.1. The number of aromatic nitrogens is 1. The van der Waals surface area contributed by atoms with E-state index in [2.05, 4.69) is 26.0 Å². The van der Waals surface area contributed by atoms with Crippen LogP contribution in [0, 0.1) is 0 Å². The summed E-state index contributed by atoms with van der Waals surface area (Å²) >= 11 is 3.23. The fourth-order valence-corrected chi connectivity index (χ4v) is 2.82. The lowest BCUT2D eigenvalue weighted by Crippen LogP contribution is -2.56. The number of hydrogen-bond acceptors (Lipinski definition) is 4. The summed E-state index contributed by atoms with van der Waals surface area (Å²) in [6.45, 7) is 0. The molecule has 2 heterocycles. The number of halogens is 4. The van der Waals surface area contributed by atoms with Crippen LogP contribution < -0.4 is 0 Å². The van der Waals surface area contributed by atoms with E-state index in [1.807, 2.05) is 0 Å². The van der Waals surface area contributed by atoms with Crippen molar-refractivity contribution in [2.45, 2.75) is 18.3 Å². The Balaban J connectivity index is 2.06. The van der Waals surface area contributed by atoms with Crippen molar-refractivity contribution in [2.24, 2.45) is 5.10 Å². The molecule has 5 nitrogen and oxygen atoms in total. The third-order valence-electron chi connectivity index (χ3n) is 3.70. The maximum absolute atomic E-state index is 13.5. The smallest absolute Gasteiger partial charge is 0.362 e. The van der Waals surface area contributed by atoms with Crippen molar-refractivity contribution in [1.82, 2.24) is 9.99 Å². The van der Waals surface area contributed by atoms with Crippen LogP contribution in [0.4, 0.5) is 13.2 Å². The molecule has 0 fully saturated rings. The largest absolute Gasteiger partial charge is 0.438 e. The van der Waals surface area contributed by atoms with Gasteiger partial charge >= 0.3 is 6.18 Å². The first-order valence-electron chi connectivity index (χ1n) is 7.09. The Morgan fingerprint density at radius 3 is 2.64 bits per heavy atom. The van der Waals surface area contributed by atoms with Crippen LogP contribution in [-0.4, -0.2) is 38.6 Å². The molecule has 3 rings (SSSR count). The van der Waals surface area contributed by atoms with Crippen molar-refractivity contribution >= 4 is 27.5 Å². The highest BCUT2D eigenvalue weighted by molar-refractivity contribution is 9.10. The molecule has 1 aromatic carbocycles. The van der Waals surface area contributed by atoms with Crippen LogP contribution in [-0.2, 0) is 0 Å². The van der Waals surface area contributed by atoms with Gasteiger partial charge in [-0.1, -0.05) is 28.1 Å². The zero-order chi connectivity index (χ0) is 18.2. The number of benzene rings is 1. The van der Waals surface area contributed by atoms with E-state index in [9.17, 15) is 23.1 Å². The summed E-state index contributed by atoms with van der Waals surface area (Å²) in [7, 11) is 0. The summed E-state index contributed by atoms with van der Waals surface area (Å²) < 4.78 is 41.1. The number of hydrogen-bond donors (Lipinski definition) is 1. The summed E-state index contributed by atoms with van der Waals surface area (Å²) in [6, 6.07) is 9.16. The maximum Gasteiger partial charge on any atom is 0.438 e. The van der Waals surface area contributed by atoms with Crippen molar-refractivity contribution in [1.29, 1.82) is 0 Å². The molecule has 9 heteroatoms. The van der Waals surface area contributed by atoms with Gasteiger partial charge in [-0.2, -0.15) is 23.3 Å². The van der Waals surface area contributed by atoms with Gasteiger partial charge in [0.2, 0.25) is 0 Å². The minimum absolute atomic E-state index is 0.0432. The average Bonchev–Trinajstić information content (AvgIpc) is 2.94. The molecule has 0 bridgehead atoms. The Labute approximate surface area is 148 Å². The van der Waals surface area contributed by atoms with Gasteiger partial charge in [0.25, 0.3) is 11.6 Å². The number of pyridine rings is 1. The molecule has 0 saturated heterocycles. The van der Waals surface area contributed by atoms with Gasteiger partial charge in [0, 0.05) is 16.9 Å². The topological polar surface area (TPSA) is 65.8 Å². The first-order valence-corrected chi connectivity index (χ1v) is 7.89. The molecule has 1 unspecified atom stereocenters. The van der Waals surface area contributed by atoms with Gasteiger partial charge in [-0.05, 0) is 29.8 Å². The fraction of sp³-hybridized carbons (Fsp3) is 0.188. The van der Waals surface area contributed by atoms with Crippen LogP contribution in [0.2, 0.25) is 0 Å². The number of nitrogens with zero attached hydrogens (tertiary/aromatic N) is 3. The van der Waals surface area contributed by atoms with Crippen LogP contribution in [0.1, 0.15) is 22.3 Å². The maximum atomic E-state index is 13.5. The lowest BCUT2D eigenvalue weighted by atomic mass is 10.0. The number of carbonyl (C=O) groups is 1. The number of amides is 1. The second-order valence-electron chi connectivity index (χ2n) is 5.41. The van der Waals surface area contributed by atoms with E-state index in [4.69, 9.17) is 0 Å². The average molecular weight is 414 g/mol. The normalized spacial score (nSPS) is 20.5. The molecule has 1 atom stereocenters. The number of rotatable bonds is 2. The van der Waals surface area contributed by atoms with Crippen LogP contribution in [0.15, 0.2) is 58.4 Å². The minimum atomic E-state index is -5.08. The van der Waals surface area contributed by atoms with E-state index < -0.39 is 24.2 Å². The molecule has 0 radical (unpaired) electrons. The Morgan fingerprint density at radius 2 is 2.04 bits per heavy atom. The number of carbonyl (C=O) groups excluding carboxylic acids is 1. The van der Waals surface area contributed by atoms with Crippen molar-refractivity contribution in [3.05, 3.63) is 64.4 Å². The monoisotopic (exact) mass is 413 g/mol. The van der Waals surface area contributed by atoms with E-state index in [0.717, 1.165) is 6.20 Å². The zero-order valence-corrected chi connectivity index (χ0v) is 14.1. The van der Waals surface area contributed by atoms with E-state index in [-0.39, 0.29) is 16.3 Å². The minimum Gasteiger partial charge on any atom is -0.362 e. The highest BCUT2D eigenvalue weighted by Gasteiger charge is 2.63. The highest BCUT2D eigenvalue weighted by Crippen LogP contribution is 2.42. The molecule has 0 saturated carbocycles. The number of aliphatic hydroxyl groups is 1. The van der Waals surface area contributed by atoms with Gasteiger partial charge in [0.15, 0.2) is 0 Å². The van der Waals surface area contributed by atoms with Crippen LogP contribution >= 0.6 is 15.9 Å². The molecule has 0 aliphatic carbocycles. The zero-order valence-electron chi connectivity index (χ0n) is 12.5. The second-order valence-corrected chi connectivity index (χ2v) is 6.32. The SMILES string of the molecule is O=C(c1cccnc1)N1N=C(c2cccc(Br)c2)CC1(O)C(F)(F)F. The summed E-state index contributed by atoms with van der Waals surface area (Å²) in [6.07, 6.45) is -3.44. The molecule has 130 valence electrons. The molecule has 1 aliphatic rings. The van der Waals surface area contributed by atoms with Crippen molar-refractivity contribution in [2.75, 3.05) is 0 Å². The fourth-order valence-electron chi connectivity index (χ4n) is 2.42. The third kappa shape index (κ3) is 3.16. The standard InChI is InChI=1S/C16H11BrF3N3O2/c17-12-5-1-3-10(7-12)13-8-15(25,16(18,19)20)23(22-13)14(24)11-4-2-6-21-9-11/h1-7,9,25H,8H2. The van der Waals surface area contributed by atoms with Gasteiger partial charge in [0.1, 0.15) is 0 Å². The molecule has 1 aliphatic heterocycles. The van der Waals surface area contributed by atoms with Crippen molar-refractivity contribution in [3.8, 4) is 0 Å². The quantitative estimate of drug-likeness (QED) is 0.820. The molecular formula is C16H11BrF3N3O2. The third-order valence-corrected chi connectivity index (χ3v) is 4.19. The van der Waals surface area contributed by atoms with E-state index in [0.29, 0.717) is 10.0 Å². The Bertz CT molecular complexity index is 842. The molecule has 25 heavy (non-hydrogen) atoms. The van der Waals surface area contributed by atoms with E-state index in [1.165, 1.54) is 18.3 Å². The van der Waals surface area contributed by atoms with E-state index in [1.54, 1.807) is 24.3 Å². The van der Waals surface area contributed by atoms with Crippen LogP contribution in [0.25, 0.3) is 0 Å². The lowest BCUT2D eigenvalue weighted by molar-refractivity contribution is -0.297. The van der Waals surface area contributed by atoms with Gasteiger partial charge in [-0.25, -0.2) is 0 Å². The Kier molecular flexibility index (Phi) is 4.38. The summed E-state index contributed by atoms with van der Waals surface area (Å²) in [5.41, 5.74) is -3.20. The van der Waals surface area contributed by atoms with Crippen molar-refractivity contribution in [3.63, 3.8) is 0 Å². The van der Waals surface area contributed by atoms with Crippen LogP contribution in [0.5, 0.6) is 0 Å². The number of hydrazone groups is 1. The van der Waals surface area contributed by atoms with Gasteiger partial charge in [-0.15, -0.1) is 0 Å². The van der Waals surface area contributed by atoms with Gasteiger partial charge in [-0.3, -0.25) is 9.78 Å².